The van der Waals surface area contributed by atoms with E-state index < -0.39 is 21.3 Å². The van der Waals surface area contributed by atoms with Gasteiger partial charge in [0.25, 0.3) is 27.4 Å². The van der Waals surface area contributed by atoms with Gasteiger partial charge in [0.1, 0.15) is 11.3 Å². The molecule has 294 valence electrons. The van der Waals surface area contributed by atoms with E-state index in [4.69, 9.17) is 14.2 Å². The van der Waals surface area contributed by atoms with Gasteiger partial charge in [-0.15, -0.1) is 0 Å². The van der Waals surface area contributed by atoms with Crippen LogP contribution in [-0.4, -0.2) is 61.9 Å². The lowest BCUT2D eigenvalue weighted by molar-refractivity contribution is -0.143. The molecule has 0 saturated heterocycles. The van der Waals surface area contributed by atoms with Gasteiger partial charge in [-0.05, 0) is 106 Å². The van der Waals surface area contributed by atoms with E-state index in [0.29, 0.717) is 43.3 Å². The van der Waals surface area contributed by atoms with E-state index in [9.17, 15) is 27.6 Å². The molecule has 2 amide bonds. The first-order chi connectivity index (χ1) is 26.1. The van der Waals surface area contributed by atoms with Gasteiger partial charge in [-0.1, -0.05) is 43.7 Å². The predicted molar refractivity (Wildman–Crippen MR) is 208 cm³/mol. The van der Waals surface area contributed by atoms with Crippen LogP contribution in [0.4, 0.5) is 0 Å². The van der Waals surface area contributed by atoms with Crippen molar-refractivity contribution in [2.45, 2.75) is 91.3 Å². The van der Waals surface area contributed by atoms with Crippen LogP contribution in [0.3, 0.4) is 0 Å². The summed E-state index contributed by atoms with van der Waals surface area (Å²) in [7, 11) is -2.68. The van der Waals surface area contributed by atoms with E-state index in [-0.39, 0.29) is 39.7 Å². The standard InChI is InChI=1S/C23H32N2O4.C18H18N2O5S/c1-7-16-13-15(3)14-17(8-2)18(16)19-20(26)24-9-11-28-12-10-25(24)21(19)29-22(27)23(4,5)6;1-25-16-5-3-2-4-15(16)18(22)20-26(23,24)14-10-6-12(7-11-14)17(21)19-13-8-9-13/h13-14H,7-12H2,1-6H3;2-7,10-11,13H,8-9H2,1H3,(H,19,21)(H,20,22). The average Bonchev–Trinajstić information content (AvgIpc) is 3.98. The highest BCUT2D eigenvalue weighted by Crippen LogP contribution is 2.36. The maximum atomic E-state index is 13.5. The number of nitrogens with zero attached hydrogens (tertiary/aromatic N) is 2. The molecule has 0 atom stereocenters. The first-order valence-corrected chi connectivity index (χ1v) is 19.9. The van der Waals surface area contributed by atoms with Gasteiger partial charge in [-0.3, -0.25) is 19.2 Å². The van der Waals surface area contributed by atoms with Crippen LogP contribution in [0.2, 0.25) is 0 Å². The summed E-state index contributed by atoms with van der Waals surface area (Å²) in [6.45, 7) is 13.5. The molecule has 0 radical (unpaired) electrons. The molecule has 1 aliphatic carbocycles. The van der Waals surface area contributed by atoms with Crippen LogP contribution in [0, 0.1) is 12.3 Å². The van der Waals surface area contributed by atoms with Crippen LogP contribution in [0.5, 0.6) is 11.6 Å². The Morgan fingerprint density at radius 2 is 1.47 bits per heavy atom. The maximum absolute atomic E-state index is 13.5. The number of hydrogen-bond acceptors (Lipinski definition) is 9. The number of methoxy groups -OCH3 is 1. The number of carbonyl (C=O) groups excluding carboxylic acids is 3. The smallest absolute Gasteiger partial charge is 0.317 e. The number of hydrogen-bond donors (Lipinski definition) is 2. The highest BCUT2D eigenvalue weighted by atomic mass is 32.2. The SMILES string of the molecule is CCc1cc(C)cc(CC)c1-c1c(OC(=O)C(C)(C)C)n2n(c1=O)CCOCC2.COc1ccccc1C(=O)NS(=O)(=O)c1ccc(C(=O)NC2CC2)cc1. The molecule has 3 aromatic carbocycles. The Balaban J connectivity index is 0.000000212. The highest BCUT2D eigenvalue weighted by Gasteiger charge is 2.32. The number of nitrogens with one attached hydrogen (secondary N) is 2. The minimum absolute atomic E-state index is 0.108. The summed E-state index contributed by atoms with van der Waals surface area (Å²) in [5, 5.41) is 2.82. The van der Waals surface area contributed by atoms with Crippen LogP contribution in [0.1, 0.15) is 84.9 Å². The predicted octanol–water partition coefficient (Wildman–Crippen LogP) is 5.44. The van der Waals surface area contributed by atoms with Gasteiger partial charge in [-0.25, -0.2) is 22.5 Å². The minimum atomic E-state index is -4.07. The molecule has 2 aliphatic rings. The number of carbonyl (C=O) groups is 3. The number of aromatic nitrogens is 2. The summed E-state index contributed by atoms with van der Waals surface area (Å²) < 4.78 is 46.8. The summed E-state index contributed by atoms with van der Waals surface area (Å²) in [5.41, 5.74) is 4.46. The fraction of sp³-hybridized carbons (Fsp3) is 0.415. The van der Waals surface area contributed by atoms with Crippen molar-refractivity contribution in [2.75, 3.05) is 20.3 Å². The number of benzene rings is 3. The van der Waals surface area contributed by atoms with Gasteiger partial charge >= 0.3 is 5.97 Å². The second-order valence-electron chi connectivity index (χ2n) is 14.6. The number of rotatable bonds is 10. The van der Waals surface area contributed by atoms with Crippen molar-refractivity contribution in [3.05, 3.63) is 98.8 Å². The average molecular weight is 775 g/mol. The Morgan fingerprint density at radius 1 is 0.873 bits per heavy atom. The molecule has 0 bridgehead atoms. The Morgan fingerprint density at radius 3 is 2.04 bits per heavy atom. The molecule has 2 heterocycles. The Kier molecular flexibility index (Phi) is 12.7. The van der Waals surface area contributed by atoms with Gasteiger partial charge in [-0.2, -0.15) is 0 Å². The maximum Gasteiger partial charge on any atom is 0.317 e. The van der Waals surface area contributed by atoms with E-state index in [1.165, 1.54) is 43.0 Å². The lowest BCUT2D eigenvalue weighted by Crippen LogP contribution is -2.31. The van der Waals surface area contributed by atoms with E-state index in [2.05, 4.69) is 38.2 Å². The summed E-state index contributed by atoms with van der Waals surface area (Å²) >= 11 is 0. The van der Waals surface area contributed by atoms with Crippen molar-refractivity contribution in [3.8, 4) is 22.8 Å². The van der Waals surface area contributed by atoms with Gasteiger partial charge in [0.2, 0.25) is 5.88 Å². The van der Waals surface area contributed by atoms with Gasteiger partial charge < -0.3 is 19.5 Å². The van der Waals surface area contributed by atoms with E-state index in [1.807, 2.05) is 25.5 Å². The van der Waals surface area contributed by atoms with Gasteiger partial charge in [0.05, 0.1) is 49.3 Å². The third kappa shape index (κ3) is 9.54. The minimum Gasteiger partial charge on any atom is -0.496 e. The fourth-order valence-corrected chi connectivity index (χ4v) is 7.11. The summed E-state index contributed by atoms with van der Waals surface area (Å²) in [5.74, 6) is -0.776. The van der Waals surface area contributed by atoms with Gasteiger partial charge in [0, 0.05) is 11.6 Å². The molecule has 2 N–H and O–H groups in total. The number of sulfonamides is 1. The molecule has 0 spiro atoms. The van der Waals surface area contributed by atoms with Crippen molar-refractivity contribution < 1.29 is 37.0 Å². The van der Waals surface area contributed by atoms with Gasteiger partial charge in [0.15, 0.2) is 0 Å². The quantitative estimate of drug-likeness (QED) is 0.200. The zero-order valence-electron chi connectivity index (χ0n) is 32.5. The van der Waals surface area contributed by atoms with Crippen LogP contribution < -0.4 is 25.1 Å². The molecule has 55 heavy (non-hydrogen) atoms. The number of amides is 2. The van der Waals surface area contributed by atoms with Crippen molar-refractivity contribution in [1.82, 2.24) is 19.4 Å². The third-order valence-electron chi connectivity index (χ3n) is 9.26. The summed E-state index contributed by atoms with van der Waals surface area (Å²) in [6.07, 6.45) is 3.52. The number of aryl methyl sites for hydroxylation is 3. The molecule has 6 rings (SSSR count). The lowest BCUT2D eigenvalue weighted by Gasteiger charge is -2.19. The largest absolute Gasteiger partial charge is 0.496 e. The fourth-order valence-electron chi connectivity index (χ4n) is 6.15. The number of esters is 1. The molecule has 13 nitrogen and oxygen atoms in total. The highest BCUT2D eigenvalue weighted by molar-refractivity contribution is 7.90. The summed E-state index contributed by atoms with van der Waals surface area (Å²) in [4.78, 5) is 50.4. The van der Waals surface area contributed by atoms with Crippen molar-refractivity contribution in [1.29, 1.82) is 0 Å². The normalized spacial score (nSPS) is 14.1. The molecular weight excluding hydrogens is 725 g/mol. The summed E-state index contributed by atoms with van der Waals surface area (Å²) in [6, 6.07) is 16.2. The lowest BCUT2D eigenvalue weighted by atomic mass is 9.91. The number of para-hydroxylation sites is 1. The monoisotopic (exact) mass is 774 g/mol. The molecule has 0 unspecified atom stereocenters. The molecule has 14 heteroatoms. The van der Waals surface area contributed by atoms with Crippen LogP contribution in [0.15, 0.2) is 70.4 Å². The Labute approximate surface area is 322 Å². The van der Waals surface area contributed by atoms with Crippen molar-refractivity contribution in [2.24, 2.45) is 5.41 Å². The van der Waals surface area contributed by atoms with Crippen molar-refractivity contribution >= 4 is 27.8 Å². The first-order valence-electron chi connectivity index (χ1n) is 18.5. The van der Waals surface area contributed by atoms with E-state index >= 15 is 0 Å². The topological polar surface area (TPSA) is 164 Å². The zero-order chi connectivity index (χ0) is 40.1. The van der Waals surface area contributed by atoms with E-state index in [1.54, 1.807) is 27.6 Å². The van der Waals surface area contributed by atoms with Crippen LogP contribution >= 0.6 is 0 Å². The molecule has 1 saturated carbocycles. The number of ether oxygens (including phenoxy) is 3. The van der Waals surface area contributed by atoms with E-state index in [0.717, 1.165) is 42.4 Å². The second-order valence-corrected chi connectivity index (χ2v) is 16.2. The van der Waals surface area contributed by atoms with Crippen LogP contribution in [-0.2, 0) is 45.5 Å². The zero-order valence-corrected chi connectivity index (χ0v) is 33.3. The molecule has 1 aliphatic heterocycles. The molecule has 1 aromatic heterocycles. The molecule has 1 fully saturated rings. The second kappa shape index (κ2) is 17.1. The molecular formula is C41H50N4O9S. The number of fused-ring (bicyclic) bond motifs is 1. The first kappa shape index (κ1) is 41.0. The Hall–Kier alpha value is -5.21. The molecule has 4 aromatic rings. The third-order valence-corrected chi connectivity index (χ3v) is 10.6. The van der Waals surface area contributed by atoms with Crippen LogP contribution in [0.25, 0.3) is 11.1 Å². The Bertz CT molecular complexity index is 2200. The van der Waals surface area contributed by atoms with Crippen molar-refractivity contribution in [3.63, 3.8) is 0 Å².